The standard InChI is InChI=1S/C12H15ClN4O2/c1-7(2)17-11(8(13)6-14-17)12(18)9-4-5-10(19-3)16-15-9/h4-7,12,18H,1-3H3. The number of aliphatic hydroxyl groups is 1. The lowest BCUT2D eigenvalue weighted by Crippen LogP contribution is -2.14. The van der Waals surface area contributed by atoms with Crippen molar-refractivity contribution in [3.63, 3.8) is 0 Å². The largest absolute Gasteiger partial charge is 0.480 e. The van der Waals surface area contributed by atoms with Crippen LogP contribution >= 0.6 is 11.6 Å². The number of nitrogens with zero attached hydrogens (tertiary/aromatic N) is 4. The Balaban J connectivity index is 2.37. The summed E-state index contributed by atoms with van der Waals surface area (Å²) in [4.78, 5) is 0. The van der Waals surface area contributed by atoms with E-state index >= 15 is 0 Å². The molecule has 1 N–H and O–H groups in total. The highest BCUT2D eigenvalue weighted by Gasteiger charge is 2.22. The van der Waals surface area contributed by atoms with Gasteiger partial charge in [-0.1, -0.05) is 11.6 Å². The molecule has 0 saturated heterocycles. The number of aromatic nitrogens is 4. The zero-order valence-corrected chi connectivity index (χ0v) is 11.7. The van der Waals surface area contributed by atoms with Crippen LogP contribution in [-0.2, 0) is 0 Å². The van der Waals surface area contributed by atoms with Gasteiger partial charge in [-0.05, 0) is 19.9 Å². The van der Waals surface area contributed by atoms with Crippen LogP contribution in [0.1, 0.15) is 37.4 Å². The first-order valence-electron chi connectivity index (χ1n) is 5.83. The Hall–Kier alpha value is -1.66. The molecule has 0 aliphatic carbocycles. The predicted octanol–water partition coefficient (Wildman–Crippen LogP) is 2.00. The minimum Gasteiger partial charge on any atom is -0.480 e. The van der Waals surface area contributed by atoms with Gasteiger partial charge in [0.2, 0.25) is 5.88 Å². The van der Waals surface area contributed by atoms with Crippen molar-refractivity contribution in [2.24, 2.45) is 0 Å². The van der Waals surface area contributed by atoms with E-state index in [0.29, 0.717) is 22.3 Å². The van der Waals surface area contributed by atoms with Gasteiger partial charge in [0.25, 0.3) is 0 Å². The van der Waals surface area contributed by atoms with Gasteiger partial charge in [-0.3, -0.25) is 4.68 Å². The Morgan fingerprint density at radius 3 is 2.58 bits per heavy atom. The van der Waals surface area contributed by atoms with E-state index in [1.54, 1.807) is 16.8 Å². The second-order valence-corrected chi connectivity index (χ2v) is 4.73. The van der Waals surface area contributed by atoms with E-state index in [1.165, 1.54) is 13.3 Å². The number of hydrogen-bond donors (Lipinski definition) is 1. The van der Waals surface area contributed by atoms with Crippen LogP contribution in [0.15, 0.2) is 18.3 Å². The number of aliphatic hydroxyl groups excluding tert-OH is 1. The molecule has 0 fully saturated rings. The second-order valence-electron chi connectivity index (χ2n) is 4.32. The Labute approximate surface area is 116 Å². The molecule has 0 radical (unpaired) electrons. The molecule has 2 aromatic heterocycles. The van der Waals surface area contributed by atoms with Crippen molar-refractivity contribution in [1.29, 1.82) is 0 Å². The van der Waals surface area contributed by atoms with E-state index < -0.39 is 6.10 Å². The first kappa shape index (κ1) is 13.8. The molecule has 0 aliphatic heterocycles. The molecule has 19 heavy (non-hydrogen) atoms. The number of ether oxygens (including phenoxy) is 1. The number of rotatable bonds is 4. The third-order valence-electron chi connectivity index (χ3n) is 2.69. The molecule has 0 aromatic carbocycles. The molecule has 102 valence electrons. The smallest absolute Gasteiger partial charge is 0.233 e. The quantitative estimate of drug-likeness (QED) is 0.928. The van der Waals surface area contributed by atoms with Crippen LogP contribution in [0.5, 0.6) is 5.88 Å². The highest BCUT2D eigenvalue weighted by Crippen LogP contribution is 2.29. The monoisotopic (exact) mass is 282 g/mol. The fourth-order valence-corrected chi connectivity index (χ4v) is 1.98. The molecule has 0 bridgehead atoms. The van der Waals surface area contributed by atoms with Crippen molar-refractivity contribution >= 4 is 11.6 Å². The van der Waals surface area contributed by atoms with Gasteiger partial charge in [-0.15, -0.1) is 10.2 Å². The lowest BCUT2D eigenvalue weighted by molar-refractivity contribution is 0.198. The molecule has 1 unspecified atom stereocenters. The Morgan fingerprint density at radius 2 is 2.05 bits per heavy atom. The second kappa shape index (κ2) is 5.54. The lowest BCUT2D eigenvalue weighted by atomic mass is 10.1. The summed E-state index contributed by atoms with van der Waals surface area (Å²) in [6.45, 7) is 3.92. The van der Waals surface area contributed by atoms with Gasteiger partial charge in [-0.2, -0.15) is 5.10 Å². The van der Waals surface area contributed by atoms with E-state index in [1.807, 2.05) is 13.8 Å². The molecule has 2 aromatic rings. The van der Waals surface area contributed by atoms with Crippen molar-refractivity contribution in [3.8, 4) is 5.88 Å². The minimum atomic E-state index is -0.976. The van der Waals surface area contributed by atoms with Crippen molar-refractivity contribution in [2.45, 2.75) is 26.0 Å². The first-order chi connectivity index (χ1) is 9.04. The summed E-state index contributed by atoms with van der Waals surface area (Å²) in [5.41, 5.74) is 0.904. The number of halogens is 1. The van der Waals surface area contributed by atoms with Crippen LogP contribution in [0.2, 0.25) is 5.02 Å². The van der Waals surface area contributed by atoms with E-state index in [2.05, 4.69) is 15.3 Å². The molecule has 0 spiro atoms. The van der Waals surface area contributed by atoms with Crippen LogP contribution < -0.4 is 4.74 Å². The van der Waals surface area contributed by atoms with Crippen LogP contribution in [-0.4, -0.2) is 32.2 Å². The molecule has 0 aliphatic rings. The maximum atomic E-state index is 10.4. The number of hydrogen-bond acceptors (Lipinski definition) is 5. The summed E-state index contributed by atoms with van der Waals surface area (Å²) in [6, 6.07) is 3.36. The van der Waals surface area contributed by atoms with Gasteiger partial charge in [0.1, 0.15) is 6.10 Å². The van der Waals surface area contributed by atoms with Crippen LogP contribution in [0.25, 0.3) is 0 Å². The Bertz CT molecular complexity index is 553. The van der Waals surface area contributed by atoms with Crippen molar-refractivity contribution in [2.75, 3.05) is 7.11 Å². The van der Waals surface area contributed by atoms with Crippen LogP contribution in [0.4, 0.5) is 0 Å². The average Bonchev–Trinajstić information content (AvgIpc) is 2.80. The van der Waals surface area contributed by atoms with E-state index in [-0.39, 0.29) is 6.04 Å². The molecule has 2 rings (SSSR count). The first-order valence-corrected chi connectivity index (χ1v) is 6.21. The van der Waals surface area contributed by atoms with Gasteiger partial charge >= 0.3 is 0 Å². The van der Waals surface area contributed by atoms with E-state index in [0.717, 1.165) is 0 Å². The fourth-order valence-electron chi connectivity index (χ4n) is 1.74. The maximum Gasteiger partial charge on any atom is 0.233 e. The molecule has 1 atom stereocenters. The third kappa shape index (κ3) is 2.69. The zero-order chi connectivity index (χ0) is 14.0. The van der Waals surface area contributed by atoms with Crippen molar-refractivity contribution in [1.82, 2.24) is 20.0 Å². The Morgan fingerprint density at radius 1 is 1.32 bits per heavy atom. The molecule has 0 saturated carbocycles. The third-order valence-corrected chi connectivity index (χ3v) is 2.98. The Kier molecular flexibility index (Phi) is 4.01. The van der Waals surface area contributed by atoms with E-state index in [9.17, 15) is 5.11 Å². The summed E-state index contributed by atoms with van der Waals surface area (Å²) >= 11 is 6.08. The lowest BCUT2D eigenvalue weighted by Gasteiger charge is -2.15. The maximum absolute atomic E-state index is 10.4. The normalized spacial score (nSPS) is 12.7. The van der Waals surface area contributed by atoms with Gasteiger partial charge in [0.15, 0.2) is 0 Å². The van der Waals surface area contributed by atoms with Gasteiger partial charge in [0, 0.05) is 12.1 Å². The summed E-state index contributed by atoms with van der Waals surface area (Å²) in [5, 5.41) is 22.7. The van der Waals surface area contributed by atoms with Crippen LogP contribution in [0, 0.1) is 0 Å². The SMILES string of the molecule is COc1ccc(C(O)c2c(Cl)cnn2C(C)C)nn1. The molecule has 7 heteroatoms. The molecule has 0 amide bonds. The molecular weight excluding hydrogens is 268 g/mol. The van der Waals surface area contributed by atoms with Gasteiger partial charge < -0.3 is 9.84 Å². The topological polar surface area (TPSA) is 73.1 Å². The summed E-state index contributed by atoms with van der Waals surface area (Å²) in [7, 11) is 1.50. The van der Waals surface area contributed by atoms with Crippen molar-refractivity contribution in [3.05, 3.63) is 34.7 Å². The van der Waals surface area contributed by atoms with Gasteiger partial charge in [-0.25, -0.2) is 0 Å². The van der Waals surface area contributed by atoms with Gasteiger partial charge in [0.05, 0.1) is 29.7 Å². The van der Waals surface area contributed by atoms with E-state index in [4.69, 9.17) is 16.3 Å². The highest BCUT2D eigenvalue weighted by molar-refractivity contribution is 6.31. The van der Waals surface area contributed by atoms with Crippen molar-refractivity contribution < 1.29 is 9.84 Å². The van der Waals surface area contributed by atoms with Crippen LogP contribution in [0.3, 0.4) is 0 Å². The zero-order valence-electron chi connectivity index (χ0n) is 10.9. The summed E-state index contributed by atoms with van der Waals surface area (Å²) in [6.07, 6.45) is 0.535. The summed E-state index contributed by atoms with van der Waals surface area (Å²) < 4.78 is 6.59. The summed E-state index contributed by atoms with van der Waals surface area (Å²) in [5.74, 6) is 0.388. The average molecular weight is 283 g/mol. The highest BCUT2D eigenvalue weighted by atomic mass is 35.5. The molecule has 2 heterocycles. The fraction of sp³-hybridized carbons (Fsp3) is 0.417. The molecular formula is C12H15ClN4O2. The minimum absolute atomic E-state index is 0.0864. The predicted molar refractivity (Wildman–Crippen MR) is 70.3 cm³/mol. The molecule has 6 nitrogen and oxygen atoms in total. The number of methoxy groups -OCH3 is 1.